The number of halogens is 2. The number of hydrogen-bond donors (Lipinski definition) is 0. The van der Waals surface area contributed by atoms with Gasteiger partial charge in [0, 0.05) is 21.5 Å². The Morgan fingerprint density at radius 2 is 1.50 bits per heavy atom. The molecule has 0 fully saturated rings. The van der Waals surface area contributed by atoms with Gasteiger partial charge in [0.1, 0.15) is 5.82 Å². The zero-order valence-electron chi connectivity index (χ0n) is 11.8. The lowest BCUT2D eigenvalue weighted by Gasteiger charge is -2.08. The van der Waals surface area contributed by atoms with E-state index in [0.29, 0.717) is 5.02 Å². The molecule has 0 atom stereocenters. The second-order valence-corrected chi connectivity index (χ2v) is 6.57. The first-order chi connectivity index (χ1) is 10.6. The first kappa shape index (κ1) is 15.4. The summed E-state index contributed by atoms with van der Waals surface area (Å²) in [5.74, 6) is 1.66. The monoisotopic (exact) mass is 349 g/mol. The third-order valence-corrected chi connectivity index (χ3v) is 4.67. The van der Waals surface area contributed by atoms with E-state index in [2.05, 4.69) is 10.2 Å². The Labute approximate surface area is 143 Å². The van der Waals surface area contributed by atoms with Gasteiger partial charge in [-0.05, 0) is 48.9 Å². The molecule has 3 nitrogen and oxygen atoms in total. The van der Waals surface area contributed by atoms with E-state index in [9.17, 15) is 0 Å². The fourth-order valence-corrected chi connectivity index (χ4v) is 3.26. The first-order valence-electron chi connectivity index (χ1n) is 6.69. The topological polar surface area (TPSA) is 30.7 Å². The number of benzene rings is 2. The van der Waals surface area contributed by atoms with Crippen LogP contribution in [0.25, 0.3) is 5.69 Å². The lowest BCUT2D eigenvalue weighted by Crippen LogP contribution is -1.99. The van der Waals surface area contributed by atoms with Gasteiger partial charge in [-0.25, -0.2) is 0 Å². The van der Waals surface area contributed by atoms with Crippen molar-refractivity contribution in [2.75, 3.05) is 0 Å². The molecule has 0 radical (unpaired) electrons. The predicted molar refractivity (Wildman–Crippen MR) is 92.1 cm³/mol. The van der Waals surface area contributed by atoms with Crippen LogP contribution in [0.15, 0.2) is 53.7 Å². The van der Waals surface area contributed by atoms with Crippen LogP contribution in [0, 0.1) is 6.92 Å². The van der Waals surface area contributed by atoms with Crippen LogP contribution in [0.4, 0.5) is 0 Å². The summed E-state index contributed by atoms with van der Waals surface area (Å²) in [6.07, 6.45) is 0. The molecule has 0 bridgehead atoms. The molecular formula is C16H13Cl2N3S. The second-order valence-electron chi connectivity index (χ2n) is 4.76. The van der Waals surface area contributed by atoms with Crippen molar-refractivity contribution < 1.29 is 0 Å². The lowest BCUT2D eigenvalue weighted by atomic mass is 10.2. The molecular weight excluding hydrogens is 337 g/mol. The summed E-state index contributed by atoms with van der Waals surface area (Å²) in [5.41, 5.74) is 2.20. The molecule has 0 saturated carbocycles. The number of nitrogens with zero attached hydrogens (tertiary/aromatic N) is 3. The summed E-state index contributed by atoms with van der Waals surface area (Å²) >= 11 is 13.5. The van der Waals surface area contributed by atoms with Crippen LogP contribution in [0.1, 0.15) is 11.4 Å². The molecule has 0 aliphatic carbocycles. The number of thioether (sulfide) groups is 1. The van der Waals surface area contributed by atoms with Gasteiger partial charge in [-0.15, -0.1) is 10.2 Å². The van der Waals surface area contributed by atoms with Gasteiger partial charge < -0.3 is 0 Å². The van der Waals surface area contributed by atoms with Crippen LogP contribution in [-0.2, 0) is 5.75 Å². The van der Waals surface area contributed by atoms with Crippen molar-refractivity contribution in [1.29, 1.82) is 0 Å². The molecule has 0 aliphatic rings. The van der Waals surface area contributed by atoms with Crippen molar-refractivity contribution in [3.63, 3.8) is 0 Å². The fourth-order valence-electron chi connectivity index (χ4n) is 2.05. The van der Waals surface area contributed by atoms with Crippen LogP contribution in [-0.4, -0.2) is 14.8 Å². The summed E-state index contributed by atoms with van der Waals surface area (Å²) in [5, 5.41) is 10.8. The quantitative estimate of drug-likeness (QED) is 0.608. The van der Waals surface area contributed by atoms with E-state index in [1.54, 1.807) is 11.8 Å². The zero-order valence-corrected chi connectivity index (χ0v) is 14.2. The Bertz CT molecular complexity index is 767. The maximum absolute atomic E-state index is 5.95. The maximum atomic E-state index is 5.95. The van der Waals surface area contributed by atoms with Gasteiger partial charge in [0.25, 0.3) is 0 Å². The van der Waals surface area contributed by atoms with Gasteiger partial charge >= 0.3 is 0 Å². The van der Waals surface area contributed by atoms with Crippen LogP contribution >= 0.6 is 35.0 Å². The fraction of sp³-hybridized carbons (Fsp3) is 0.125. The minimum Gasteiger partial charge on any atom is -0.274 e. The Morgan fingerprint density at radius 3 is 2.14 bits per heavy atom. The molecule has 0 unspecified atom stereocenters. The van der Waals surface area contributed by atoms with Crippen molar-refractivity contribution >= 4 is 35.0 Å². The molecule has 0 N–H and O–H groups in total. The molecule has 2 aromatic carbocycles. The standard InChI is InChI=1S/C16H13Cl2N3S/c1-11-19-20-16(21(11)15-8-6-14(18)7-9-15)22-10-12-2-4-13(17)5-3-12/h2-9H,10H2,1H3. The van der Waals surface area contributed by atoms with E-state index in [-0.39, 0.29) is 0 Å². The molecule has 3 aromatic rings. The van der Waals surface area contributed by atoms with Crippen molar-refractivity contribution in [1.82, 2.24) is 14.8 Å². The smallest absolute Gasteiger partial charge is 0.196 e. The molecule has 0 amide bonds. The van der Waals surface area contributed by atoms with E-state index >= 15 is 0 Å². The van der Waals surface area contributed by atoms with E-state index < -0.39 is 0 Å². The average Bonchev–Trinajstić information content (AvgIpc) is 2.89. The number of aryl methyl sites for hydroxylation is 1. The minimum atomic E-state index is 0.713. The van der Waals surface area contributed by atoms with Gasteiger partial charge in [0.2, 0.25) is 0 Å². The summed E-state index contributed by atoms with van der Waals surface area (Å²) in [6, 6.07) is 15.5. The molecule has 1 heterocycles. The third kappa shape index (κ3) is 3.46. The van der Waals surface area contributed by atoms with Gasteiger partial charge in [-0.1, -0.05) is 47.1 Å². The highest BCUT2D eigenvalue weighted by Crippen LogP contribution is 2.26. The second kappa shape index (κ2) is 6.73. The molecule has 0 saturated heterocycles. The molecule has 3 rings (SSSR count). The largest absolute Gasteiger partial charge is 0.274 e. The van der Waals surface area contributed by atoms with Crippen LogP contribution in [0.2, 0.25) is 10.0 Å². The van der Waals surface area contributed by atoms with Crippen LogP contribution < -0.4 is 0 Å². The van der Waals surface area contributed by atoms with E-state index in [0.717, 1.165) is 27.4 Å². The summed E-state index contributed by atoms with van der Waals surface area (Å²) < 4.78 is 2.02. The highest BCUT2D eigenvalue weighted by molar-refractivity contribution is 7.98. The van der Waals surface area contributed by atoms with Gasteiger partial charge in [0.15, 0.2) is 5.16 Å². The normalized spacial score (nSPS) is 10.9. The first-order valence-corrected chi connectivity index (χ1v) is 8.43. The molecule has 1 aromatic heterocycles. The van der Waals surface area contributed by atoms with Gasteiger partial charge in [0.05, 0.1) is 0 Å². The third-order valence-electron chi connectivity index (χ3n) is 3.16. The minimum absolute atomic E-state index is 0.713. The average molecular weight is 350 g/mol. The molecule has 0 spiro atoms. The SMILES string of the molecule is Cc1nnc(SCc2ccc(Cl)cc2)n1-c1ccc(Cl)cc1. The van der Waals surface area contributed by atoms with Crippen LogP contribution in [0.5, 0.6) is 0 Å². The Hall–Kier alpha value is -1.49. The van der Waals surface area contributed by atoms with Crippen molar-refractivity contribution in [2.45, 2.75) is 17.8 Å². The summed E-state index contributed by atoms with van der Waals surface area (Å²) in [4.78, 5) is 0. The number of hydrogen-bond acceptors (Lipinski definition) is 3. The van der Waals surface area contributed by atoms with E-state index in [4.69, 9.17) is 23.2 Å². The Morgan fingerprint density at radius 1 is 0.909 bits per heavy atom. The zero-order chi connectivity index (χ0) is 15.5. The Kier molecular flexibility index (Phi) is 4.71. The number of rotatable bonds is 4. The van der Waals surface area contributed by atoms with Gasteiger partial charge in [-0.3, -0.25) is 4.57 Å². The van der Waals surface area contributed by atoms with Crippen LogP contribution in [0.3, 0.4) is 0 Å². The molecule has 112 valence electrons. The lowest BCUT2D eigenvalue weighted by molar-refractivity contribution is 0.868. The summed E-state index contributed by atoms with van der Waals surface area (Å²) in [6.45, 7) is 1.94. The van der Waals surface area contributed by atoms with Crippen molar-refractivity contribution in [3.05, 3.63) is 70.0 Å². The molecule has 22 heavy (non-hydrogen) atoms. The van der Waals surface area contributed by atoms with E-state index in [1.165, 1.54) is 5.56 Å². The highest BCUT2D eigenvalue weighted by Gasteiger charge is 2.11. The highest BCUT2D eigenvalue weighted by atomic mass is 35.5. The number of aromatic nitrogens is 3. The summed E-state index contributed by atoms with van der Waals surface area (Å²) in [7, 11) is 0. The van der Waals surface area contributed by atoms with Gasteiger partial charge in [-0.2, -0.15) is 0 Å². The predicted octanol–water partition coefficient (Wildman–Crippen LogP) is 5.17. The maximum Gasteiger partial charge on any atom is 0.196 e. The molecule has 0 aliphatic heterocycles. The van der Waals surface area contributed by atoms with Crippen molar-refractivity contribution in [2.24, 2.45) is 0 Å². The van der Waals surface area contributed by atoms with E-state index in [1.807, 2.05) is 60.0 Å². The Balaban J connectivity index is 1.83. The van der Waals surface area contributed by atoms with Crippen molar-refractivity contribution in [3.8, 4) is 5.69 Å². The molecule has 6 heteroatoms.